The Balaban J connectivity index is 1.76. The second kappa shape index (κ2) is 6.50. The van der Waals surface area contributed by atoms with E-state index in [9.17, 15) is 4.21 Å². The third-order valence-electron chi connectivity index (χ3n) is 3.85. The third-order valence-corrected chi connectivity index (χ3v) is 5.20. The first kappa shape index (κ1) is 15.1. The van der Waals surface area contributed by atoms with E-state index in [1.54, 1.807) is 14.2 Å². The van der Waals surface area contributed by atoms with Gasteiger partial charge in [-0.3, -0.25) is 4.18 Å². The molecule has 1 heterocycles. The summed E-state index contributed by atoms with van der Waals surface area (Å²) in [5.74, 6) is 1.59. The van der Waals surface area contributed by atoms with Gasteiger partial charge in [-0.05, 0) is 41.8 Å². The summed E-state index contributed by atoms with van der Waals surface area (Å²) in [6, 6.07) is 15.3. The highest BCUT2D eigenvalue weighted by Gasteiger charge is 2.34. The van der Waals surface area contributed by atoms with Gasteiger partial charge in [0.15, 0.2) is 11.1 Å². The molecule has 0 amide bonds. The minimum absolute atomic E-state index is 0.113. The molecule has 0 N–H and O–H groups in total. The molecule has 0 saturated carbocycles. The topological polar surface area (TPSA) is 44.8 Å². The van der Waals surface area contributed by atoms with Crippen molar-refractivity contribution < 1.29 is 17.9 Å². The van der Waals surface area contributed by atoms with Crippen molar-refractivity contribution in [1.82, 2.24) is 0 Å². The summed E-state index contributed by atoms with van der Waals surface area (Å²) in [6.45, 7) is 0. The lowest BCUT2D eigenvalue weighted by Gasteiger charge is -2.09. The van der Waals surface area contributed by atoms with Crippen LogP contribution in [0.1, 0.15) is 28.9 Å². The van der Waals surface area contributed by atoms with Gasteiger partial charge in [-0.15, -0.1) is 0 Å². The van der Waals surface area contributed by atoms with Crippen molar-refractivity contribution in [3.63, 3.8) is 0 Å². The Kier molecular flexibility index (Phi) is 4.45. The Bertz CT molecular complexity index is 651. The lowest BCUT2D eigenvalue weighted by Crippen LogP contribution is -1.98. The smallest absolute Gasteiger partial charge is 0.163 e. The minimum atomic E-state index is -1.33. The van der Waals surface area contributed by atoms with Crippen LogP contribution in [0, 0.1) is 0 Å². The number of rotatable bonds is 4. The van der Waals surface area contributed by atoms with E-state index in [1.165, 1.54) is 0 Å². The molecule has 0 aromatic heterocycles. The molecule has 5 heteroatoms. The van der Waals surface area contributed by atoms with Crippen LogP contribution < -0.4 is 9.47 Å². The normalized spacial score (nSPS) is 24.2. The van der Waals surface area contributed by atoms with Gasteiger partial charge in [0.1, 0.15) is 17.6 Å². The molecule has 1 aliphatic heterocycles. The molecule has 1 saturated heterocycles. The van der Waals surface area contributed by atoms with E-state index in [-0.39, 0.29) is 11.4 Å². The summed E-state index contributed by atoms with van der Waals surface area (Å²) in [4.78, 5) is 0. The zero-order valence-electron chi connectivity index (χ0n) is 12.5. The largest absolute Gasteiger partial charge is 0.497 e. The van der Waals surface area contributed by atoms with Crippen LogP contribution >= 0.6 is 0 Å². The first-order valence-electron chi connectivity index (χ1n) is 7.07. The molecule has 0 radical (unpaired) electrons. The van der Waals surface area contributed by atoms with Crippen molar-refractivity contribution in [3.05, 3.63) is 59.7 Å². The SMILES string of the molecule is COc1ccc(C2CC(c3ccc(OC)cc3)S(=O)O2)cc1. The lowest BCUT2D eigenvalue weighted by molar-refractivity contribution is 0.254. The summed E-state index contributed by atoms with van der Waals surface area (Å²) in [5.41, 5.74) is 2.03. The van der Waals surface area contributed by atoms with Crippen molar-refractivity contribution >= 4 is 11.1 Å². The Morgan fingerprint density at radius 3 is 1.91 bits per heavy atom. The molecule has 3 unspecified atom stereocenters. The van der Waals surface area contributed by atoms with Crippen molar-refractivity contribution in [2.75, 3.05) is 14.2 Å². The second-order valence-corrected chi connectivity index (χ2v) is 6.40. The molecule has 1 aliphatic rings. The first-order valence-corrected chi connectivity index (χ1v) is 8.20. The van der Waals surface area contributed by atoms with E-state index in [1.807, 2.05) is 48.5 Å². The van der Waals surface area contributed by atoms with Crippen LogP contribution in [-0.4, -0.2) is 18.4 Å². The summed E-state index contributed by atoms with van der Waals surface area (Å²) in [5, 5.41) is -0.113. The fraction of sp³-hybridized carbons (Fsp3) is 0.294. The van der Waals surface area contributed by atoms with Crippen molar-refractivity contribution in [3.8, 4) is 11.5 Å². The minimum Gasteiger partial charge on any atom is -0.497 e. The number of hydrogen-bond donors (Lipinski definition) is 0. The van der Waals surface area contributed by atoms with E-state index in [0.29, 0.717) is 6.42 Å². The van der Waals surface area contributed by atoms with Gasteiger partial charge in [-0.2, -0.15) is 0 Å². The van der Waals surface area contributed by atoms with Crippen LogP contribution in [0.15, 0.2) is 48.5 Å². The van der Waals surface area contributed by atoms with E-state index in [4.69, 9.17) is 13.7 Å². The maximum Gasteiger partial charge on any atom is 0.163 e. The zero-order chi connectivity index (χ0) is 15.5. The van der Waals surface area contributed by atoms with Gasteiger partial charge in [0.05, 0.1) is 19.5 Å². The number of benzene rings is 2. The maximum absolute atomic E-state index is 12.3. The monoisotopic (exact) mass is 318 g/mol. The molecule has 2 aromatic carbocycles. The average Bonchev–Trinajstić information content (AvgIpc) is 2.97. The molecular weight excluding hydrogens is 300 g/mol. The van der Waals surface area contributed by atoms with Gasteiger partial charge in [-0.25, -0.2) is 4.21 Å². The average molecular weight is 318 g/mol. The fourth-order valence-electron chi connectivity index (χ4n) is 2.57. The summed E-state index contributed by atoms with van der Waals surface area (Å²) in [6.07, 6.45) is 0.546. The Morgan fingerprint density at radius 2 is 1.41 bits per heavy atom. The fourth-order valence-corrected chi connectivity index (χ4v) is 3.83. The van der Waals surface area contributed by atoms with Gasteiger partial charge in [0, 0.05) is 0 Å². The highest BCUT2D eigenvalue weighted by molar-refractivity contribution is 7.80. The molecule has 4 nitrogen and oxygen atoms in total. The highest BCUT2D eigenvalue weighted by Crippen LogP contribution is 2.42. The molecule has 0 bridgehead atoms. The zero-order valence-corrected chi connectivity index (χ0v) is 13.3. The Hall–Kier alpha value is -1.85. The van der Waals surface area contributed by atoms with Gasteiger partial charge >= 0.3 is 0 Å². The molecule has 3 rings (SSSR count). The second-order valence-electron chi connectivity index (χ2n) is 5.12. The Morgan fingerprint density at radius 1 is 0.909 bits per heavy atom. The molecule has 2 aromatic rings. The molecular formula is C17H18O4S. The quantitative estimate of drug-likeness (QED) is 0.864. The van der Waals surface area contributed by atoms with Gasteiger partial charge in [0.2, 0.25) is 0 Å². The van der Waals surface area contributed by atoms with Gasteiger partial charge in [0.25, 0.3) is 0 Å². The third kappa shape index (κ3) is 3.00. The number of ether oxygens (including phenoxy) is 2. The van der Waals surface area contributed by atoms with Crippen LogP contribution in [-0.2, 0) is 15.3 Å². The van der Waals surface area contributed by atoms with Crippen LogP contribution in [0.4, 0.5) is 0 Å². The van der Waals surface area contributed by atoms with Crippen molar-refractivity contribution in [2.24, 2.45) is 0 Å². The number of hydrogen-bond acceptors (Lipinski definition) is 4. The summed E-state index contributed by atoms with van der Waals surface area (Å²) in [7, 11) is 3.27. The summed E-state index contributed by atoms with van der Waals surface area (Å²) >= 11 is -1.33. The van der Waals surface area contributed by atoms with E-state index >= 15 is 0 Å². The van der Waals surface area contributed by atoms with Crippen LogP contribution in [0.2, 0.25) is 0 Å². The van der Waals surface area contributed by atoms with Gasteiger partial charge < -0.3 is 9.47 Å². The molecule has 116 valence electrons. The molecule has 0 aliphatic carbocycles. The number of methoxy groups -OCH3 is 2. The molecule has 1 fully saturated rings. The predicted octanol–water partition coefficient (Wildman–Crippen LogP) is 3.57. The standard InChI is InChI=1S/C17H18O4S/c1-19-14-7-3-12(4-8-14)16-11-17(22(18)21-16)13-5-9-15(20-2)10-6-13/h3-10,16-17H,11H2,1-2H3. The van der Waals surface area contributed by atoms with Crippen LogP contribution in [0.3, 0.4) is 0 Å². The van der Waals surface area contributed by atoms with Crippen LogP contribution in [0.25, 0.3) is 0 Å². The highest BCUT2D eigenvalue weighted by atomic mass is 32.2. The van der Waals surface area contributed by atoms with Crippen molar-refractivity contribution in [2.45, 2.75) is 17.8 Å². The molecule has 22 heavy (non-hydrogen) atoms. The predicted molar refractivity (Wildman–Crippen MR) is 85.3 cm³/mol. The van der Waals surface area contributed by atoms with E-state index in [2.05, 4.69) is 0 Å². The first-order chi connectivity index (χ1) is 10.7. The van der Waals surface area contributed by atoms with E-state index in [0.717, 1.165) is 22.6 Å². The van der Waals surface area contributed by atoms with Crippen LogP contribution in [0.5, 0.6) is 11.5 Å². The van der Waals surface area contributed by atoms with E-state index < -0.39 is 11.1 Å². The maximum atomic E-state index is 12.3. The molecule has 0 spiro atoms. The lowest BCUT2D eigenvalue weighted by atomic mass is 10.0. The van der Waals surface area contributed by atoms with Crippen molar-refractivity contribution in [1.29, 1.82) is 0 Å². The van der Waals surface area contributed by atoms with Gasteiger partial charge in [-0.1, -0.05) is 24.3 Å². The summed E-state index contributed by atoms with van der Waals surface area (Å²) < 4.78 is 28.2. The Labute approximate surface area is 132 Å². The molecule has 3 atom stereocenters.